The van der Waals surface area contributed by atoms with Gasteiger partial charge in [-0.3, -0.25) is 9.74 Å². The van der Waals surface area contributed by atoms with Gasteiger partial charge in [-0.25, -0.2) is 0 Å². The number of rotatable bonds is 12. The predicted octanol–water partition coefficient (Wildman–Crippen LogP) is 16.0. The molecule has 2 fully saturated rings. The molecule has 4 heteroatoms. The van der Waals surface area contributed by atoms with Gasteiger partial charge in [-0.05, 0) is 187 Å². The van der Waals surface area contributed by atoms with Crippen molar-refractivity contribution in [2.45, 2.75) is 201 Å². The Kier molecular flexibility index (Phi) is 18.1. The van der Waals surface area contributed by atoms with Gasteiger partial charge < -0.3 is 0 Å². The summed E-state index contributed by atoms with van der Waals surface area (Å²) in [6.07, 6.45) is 11.2. The lowest BCUT2D eigenvalue weighted by Gasteiger charge is -2.53. The summed E-state index contributed by atoms with van der Waals surface area (Å²) >= 11 is 6.05. The van der Waals surface area contributed by atoms with E-state index in [4.69, 9.17) is 16.4 Å². The van der Waals surface area contributed by atoms with Crippen molar-refractivity contribution in [1.82, 2.24) is 9.96 Å². The van der Waals surface area contributed by atoms with Crippen LogP contribution in [0.3, 0.4) is 0 Å². The summed E-state index contributed by atoms with van der Waals surface area (Å²) in [5.74, 6) is 1.68. The Balaban J connectivity index is 0.000000232. The minimum Gasteiger partial charge on any atom is -0.293 e. The lowest BCUT2D eigenvalue weighted by atomic mass is 9.78. The van der Waals surface area contributed by atoms with E-state index in [9.17, 15) is 0 Å². The molecule has 3 nitrogen and oxygen atoms in total. The van der Waals surface area contributed by atoms with E-state index < -0.39 is 0 Å². The third kappa shape index (κ3) is 14.3. The van der Waals surface area contributed by atoms with Crippen LogP contribution in [0.1, 0.15) is 190 Å². The second-order valence-corrected chi connectivity index (χ2v) is 21.1. The Morgan fingerprint density at radius 1 is 0.550 bits per heavy atom. The molecule has 0 amide bonds. The van der Waals surface area contributed by atoms with E-state index in [1.165, 1.54) is 95.9 Å². The van der Waals surface area contributed by atoms with Crippen LogP contribution >= 0.6 is 11.6 Å². The maximum absolute atomic E-state index is 6.38. The molecule has 60 heavy (non-hydrogen) atoms. The summed E-state index contributed by atoms with van der Waals surface area (Å²) in [4.78, 5) is 9.17. The van der Waals surface area contributed by atoms with Crippen molar-refractivity contribution in [2.24, 2.45) is 0 Å². The van der Waals surface area contributed by atoms with Gasteiger partial charge in [-0.15, -0.1) is 11.6 Å². The summed E-state index contributed by atoms with van der Waals surface area (Å²) in [5, 5.41) is 2.24. The van der Waals surface area contributed by atoms with E-state index in [2.05, 4.69) is 204 Å². The molecule has 3 unspecified atom stereocenters. The van der Waals surface area contributed by atoms with Crippen LogP contribution in [0.4, 0.5) is 0 Å². The smallest absolute Gasteiger partial charge is 0.102 e. The fourth-order valence-electron chi connectivity index (χ4n) is 9.83. The Morgan fingerprint density at radius 3 is 1.40 bits per heavy atom. The fraction of sp³-hybridized carbons (Fsp3) is 0.571. The topological polar surface area (TPSA) is 15.7 Å². The summed E-state index contributed by atoms with van der Waals surface area (Å²) in [6, 6.07) is 35.5. The van der Waals surface area contributed by atoms with Crippen LogP contribution in [0, 0.1) is 20.8 Å². The van der Waals surface area contributed by atoms with Crippen molar-refractivity contribution < 1.29 is 4.84 Å². The van der Waals surface area contributed by atoms with Crippen LogP contribution in [0.2, 0.25) is 0 Å². The Morgan fingerprint density at radius 2 is 0.950 bits per heavy atom. The molecule has 0 spiro atoms. The minimum absolute atomic E-state index is 0.0900. The Hall–Kier alpha value is -2.95. The van der Waals surface area contributed by atoms with Gasteiger partial charge in [0.05, 0.1) is 0 Å². The molecule has 330 valence electrons. The van der Waals surface area contributed by atoms with Crippen LogP contribution in [-0.4, -0.2) is 38.7 Å². The van der Waals surface area contributed by atoms with Gasteiger partial charge in [-0.2, -0.15) is 5.06 Å². The largest absolute Gasteiger partial charge is 0.293 e. The predicted molar refractivity (Wildman–Crippen MR) is 261 cm³/mol. The van der Waals surface area contributed by atoms with Gasteiger partial charge in [0.1, 0.15) is 6.10 Å². The average molecular weight is 836 g/mol. The number of piperidine rings is 2. The van der Waals surface area contributed by atoms with Gasteiger partial charge >= 0.3 is 0 Å². The highest BCUT2D eigenvalue weighted by molar-refractivity contribution is 6.17. The van der Waals surface area contributed by atoms with Gasteiger partial charge in [0.15, 0.2) is 0 Å². The Bertz CT molecular complexity index is 1810. The molecular formula is C56H83ClN2O. The molecule has 0 N–H and O–H groups in total. The lowest BCUT2D eigenvalue weighted by molar-refractivity contribution is -0.304. The third-order valence-corrected chi connectivity index (χ3v) is 14.0. The number of hydrogen-bond acceptors (Lipinski definition) is 3. The second kappa shape index (κ2) is 21.9. The standard InChI is InChI=1S/C29H42ClN.C18H29NO.C9H12/c1-22-8-12-25(13-9-22)23(2)20-27(26-14-10-24(21-30)11-15-26)16-19-31-28(3,4)17-7-18-29(31,5)6;1-14-8-10-16(11-9-14)15(2)20-19-17(3,4)12-7-13-18(19,5)6;1-3-9-6-4-8(2)5-7-9/h8-15,23,27H,7,16-21H2,1-6H3;8-11,15H,7,12-13H2,1-6H3;4-7H,3H2,1-2H3. The number of benzene rings is 4. The van der Waals surface area contributed by atoms with Gasteiger partial charge in [0, 0.05) is 28.0 Å². The maximum Gasteiger partial charge on any atom is 0.102 e. The highest BCUT2D eigenvalue weighted by atomic mass is 35.5. The van der Waals surface area contributed by atoms with Crippen LogP contribution < -0.4 is 0 Å². The van der Waals surface area contributed by atoms with Gasteiger partial charge in [0.25, 0.3) is 0 Å². The van der Waals surface area contributed by atoms with E-state index in [1.807, 2.05) is 0 Å². The number of nitrogens with zero attached hydrogens (tertiary/aromatic N) is 2. The molecule has 0 aromatic heterocycles. The molecule has 0 aliphatic carbocycles. The monoisotopic (exact) mass is 835 g/mol. The number of alkyl halides is 1. The van der Waals surface area contributed by atoms with Crippen molar-refractivity contribution in [3.63, 3.8) is 0 Å². The molecule has 3 atom stereocenters. The van der Waals surface area contributed by atoms with Crippen LogP contribution in [-0.2, 0) is 17.1 Å². The summed E-state index contributed by atoms with van der Waals surface area (Å²) in [6.45, 7) is 33.2. The first-order valence-corrected chi connectivity index (χ1v) is 23.8. The second-order valence-electron chi connectivity index (χ2n) is 20.8. The van der Waals surface area contributed by atoms with E-state index in [1.54, 1.807) is 0 Å². The first kappa shape index (κ1) is 49.7. The SMILES string of the molecule is CCc1ccc(C)cc1.Cc1ccc(C(C)CC(CCN2C(C)(C)CCCC2(C)C)c2ccc(CCl)cc2)cc1.Cc1ccc(C(C)ON2C(C)(C)CCCC2(C)C)cc1. The van der Waals surface area contributed by atoms with Crippen LogP contribution in [0.25, 0.3) is 0 Å². The average Bonchev–Trinajstić information content (AvgIpc) is 3.19. The van der Waals surface area contributed by atoms with Gasteiger partial charge in [0.2, 0.25) is 0 Å². The van der Waals surface area contributed by atoms with E-state index in [0.717, 1.165) is 13.0 Å². The van der Waals surface area contributed by atoms with E-state index >= 15 is 0 Å². The van der Waals surface area contributed by atoms with Crippen molar-refractivity contribution in [1.29, 1.82) is 0 Å². The molecule has 2 heterocycles. The Labute approximate surface area is 373 Å². The first-order chi connectivity index (χ1) is 28.2. The molecular weight excluding hydrogens is 752 g/mol. The summed E-state index contributed by atoms with van der Waals surface area (Å²) in [7, 11) is 0. The highest BCUT2D eigenvalue weighted by Gasteiger charge is 2.43. The lowest BCUT2D eigenvalue weighted by Crippen LogP contribution is -2.58. The zero-order chi connectivity index (χ0) is 44.3. The number of likely N-dealkylation sites (tertiary alicyclic amines) is 1. The molecule has 6 rings (SSSR count). The maximum atomic E-state index is 6.38. The molecule has 4 aromatic rings. The normalized spacial score (nSPS) is 19.8. The van der Waals surface area contributed by atoms with Gasteiger partial charge in [-0.1, -0.05) is 128 Å². The molecule has 0 radical (unpaired) electrons. The number of hydroxylamine groups is 2. The molecule has 0 saturated carbocycles. The quantitative estimate of drug-likeness (QED) is 0.132. The van der Waals surface area contributed by atoms with Crippen molar-refractivity contribution in [3.8, 4) is 0 Å². The number of aryl methyl sites for hydroxylation is 4. The summed E-state index contributed by atoms with van der Waals surface area (Å²) < 4.78 is 0. The zero-order valence-corrected chi connectivity index (χ0v) is 41.2. The van der Waals surface area contributed by atoms with Crippen molar-refractivity contribution in [2.75, 3.05) is 6.54 Å². The fourth-order valence-corrected chi connectivity index (χ4v) is 10.0. The third-order valence-electron chi connectivity index (χ3n) is 13.6. The summed E-state index contributed by atoms with van der Waals surface area (Å²) in [5.41, 5.74) is 11.5. The number of hydrogen-bond donors (Lipinski definition) is 0. The van der Waals surface area contributed by atoms with Crippen LogP contribution in [0.5, 0.6) is 0 Å². The molecule has 2 aliphatic rings. The zero-order valence-electron chi connectivity index (χ0n) is 40.4. The highest BCUT2D eigenvalue weighted by Crippen LogP contribution is 2.42. The molecule has 2 aliphatic heterocycles. The van der Waals surface area contributed by atoms with Crippen molar-refractivity contribution >= 4 is 11.6 Å². The molecule has 2 saturated heterocycles. The van der Waals surface area contributed by atoms with Crippen molar-refractivity contribution in [3.05, 3.63) is 142 Å². The number of halogens is 1. The first-order valence-electron chi connectivity index (χ1n) is 23.3. The molecule has 4 aromatic carbocycles. The van der Waals surface area contributed by atoms with Crippen LogP contribution in [0.15, 0.2) is 97.1 Å². The van der Waals surface area contributed by atoms with E-state index in [-0.39, 0.29) is 28.3 Å². The minimum atomic E-state index is 0.0900. The van der Waals surface area contributed by atoms with E-state index in [0.29, 0.717) is 17.7 Å². The molecule has 0 bridgehead atoms.